The van der Waals surface area contributed by atoms with Gasteiger partial charge in [0.2, 0.25) is 5.91 Å². The Morgan fingerprint density at radius 2 is 1.81 bits per heavy atom. The first-order valence-electron chi connectivity index (χ1n) is 8.39. The molecule has 144 valence electrons. The van der Waals surface area contributed by atoms with E-state index in [0.29, 0.717) is 13.1 Å². The Morgan fingerprint density at radius 3 is 2.35 bits per heavy atom. The van der Waals surface area contributed by atoms with E-state index in [4.69, 9.17) is 5.73 Å². The average Bonchev–Trinajstić information content (AvgIpc) is 3.10. The molecule has 2 aromatic rings. The van der Waals surface area contributed by atoms with Crippen LogP contribution in [0.2, 0.25) is 0 Å². The summed E-state index contributed by atoms with van der Waals surface area (Å²) >= 11 is 1.74. The van der Waals surface area contributed by atoms with E-state index in [1.54, 1.807) is 11.3 Å². The number of hydrogen-bond acceptors (Lipinski definition) is 5. The van der Waals surface area contributed by atoms with E-state index < -0.39 is 6.04 Å². The first-order chi connectivity index (χ1) is 11.6. The zero-order chi connectivity index (χ0) is 17.1. The summed E-state index contributed by atoms with van der Waals surface area (Å²) in [6.45, 7) is 7.17. The van der Waals surface area contributed by atoms with Crippen LogP contribution in [0.1, 0.15) is 29.0 Å². The first-order valence-corrected chi connectivity index (χ1v) is 9.20. The lowest BCUT2D eigenvalue weighted by atomic mass is 10.0. The molecule has 1 amide bonds. The van der Waals surface area contributed by atoms with Gasteiger partial charge in [0.1, 0.15) is 6.04 Å². The van der Waals surface area contributed by atoms with E-state index >= 15 is 0 Å². The summed E-state index contributed by atoms with van der Waals surface area (Å²) < 4.78 is 0. The molecule has 8 heteroatoms. The first kappa shape index (κ1) is 22.7. The highest BCUT2D eigenvalue weighted by Gasteiger charge is 2.27. The topological polar surface area (TPSA) is 62.5 Å². The summed E-state index contributed by atoms with van der Waals surface area (Å²) in [5.74, 6) is 0.00638. The number of benzene rings is 1. The number of aryl methyl sites for hydroxylation is 2. The van der Waals surface area contributed by atoms with Crippen molar-refractivity contribution in [2.24, 2.45) is 5.73 Å². The fourth-order valence-electron chi connectivity index (χ4n) is 2.84. The number of rotatable bonds is 4. The van der Waals surface area contributed by atoms with E-state index in [0.717, 1.165) is 30.2 Å². The van der Waals surface area contributed by atoms with Gasteiger partial charge in [0, 0.05) is 37.3 Å². The summed E-state index contributed by atoms with van der Waals surface area (Å²) in [6.07, 6.45) is 2.96. The molecule has 1 saturated heterocycles. The summed E-state index contributed by atoms with van der Waals surface area (Å²) in [5.41, 5.74) is 8.22. The molecule has 5 nitrogen and oxygen atoms in total. The maximum atomic E-state index is 12.6. The van der Waals surface area contributed by atoms with Crippen molar-refractivity contribution in [3.8, 4) is 0 Å². The van der Waals surface area contributed by atoms with Gasteiger partial charge in [-0.1, -0.05) is 36.8 Å². The molecule has 1 aliphatic heterocycles. The van der Waals surface area contributed by atoms with Gasteiger partial charge in [0.05, 0.1) is 0 Å². The lowest BCUT2D eigenvalue weighted by molar-refractivity contribution is -0.133. The van der Waals surface area contributed by atoms with Crippen molar-refractivity contribution in [2.75, 3.05) is 31.1 Å². The summed E-state index contributed by atoms with van der Waals surface area (Å²) in [7, 11) is 0. The van der Waals surface area contributed by atoms with Gasteiger partial charge in [-0.25, -0.2) is 4.98 Å². The minimum absolute atomic E-state index is 0. The molecule has 1 aromatic carbocycles. The zero-order valence-electron chi connectivity index (χ0n) is 15.1. The van der Waals surface area contributed by atoms with Crippen molar-refractivity contribution < 1.29 is 4.79 Å². The second kappa shape index (κ2) is 10.1. The second-order valence-electron chi connectivity index (χ2n) is 6.16. The molecule has 2 N–H and O–H groups in total. The monoisotopic (exact) mass is 416 g/mol. The molecule has 0 bridgehead atoms. The molecule has 2 heterocycles. The number of anilines is 1. The number of aromatic nitrogens is 1. The van der Waals surface area contributed by atoms with E-state index in [9.17, 15) is 4.79 Å². The second-order valence-corrected chi connectivity index (χ2v) is 7.26. The van der Waals surface area contributed by atoms with Crippen LogP contribution in [0.3, 0.4) is 0 Å². The van der Waals surface area contributed by atoms with Crippen LogP contribution in [0, 0.1) is 6.92 Å². The number of halogens is 2. The van der Waals surface area contributed by atoms with Crippen LogP contribution in [-0.2, 0) is 11.2 Å². The van der Waals surface area contributed by atoms with Gasteiger partial charge < -0.3 is 15.5 Å². The fourth-order valence-corrected chi connectivity index (χ4v) is 3.74. The molecule has 26 heavy (non-hydrogen) atoms. The number of nitrogens with zero attached hydrogens (tertiary/aromatic N) is 3. The molecule has 0 aliphatic carbocycles. The van der Waals surface area contributed by atoms with Gasteiger partial charge in [-0.3, -0.25) is 4.79 Å². The molecule has 0 spiro atoms. The molecule has 3 rings (SSSR count). The quantitative estimate of drug-likeness (QED) is 0.830. The number of hydrogen-bond donors (Lipinski definition) is 1. The maximum Gasteiger partial charge on any atom is 0.244 e. The highest BCUT2D eigenvalue weighted by Crippen LogP contribution is 2.24. The van der Waals surface area contributed by atoms with Crippen LogP contribution in [-0.4, -0.2) is 42.0 Å². The Morgan fingerprint density at radius 1 is 1.19 bits per heavy atom. The smallest absolute Gasteiger partial charge is 0.244 e. The van der Waals surface area contributed by atoms with Gasteiger partial charge in [-0.2, -0.15) is 0 Å². The van der Waals surface area contributed by atoms with Crippen LogP contribution in [0.4, 0.5) is 5.13 Å². The Hall–Kier alpha value is -1.34. The van der Waals surface area contributed by atoms with Gasteiger partial charge in [-0.05, 0) is 18.9 Å². The van der Waals surface area contributed by atoms with Crippen LogP contribution in [0.25, 0.3) is 0 Å². The summed E-state index contributed by atoms with van der Waals surface area (Å²) in [4.78, 5) is 22.6. The van der Waals surface area contributed by atoms with Gasteiger partial charge in [0.15, 0.2) is 5.13 Å². The lowest BCUT2D eigenvalue weighted by Gasteiger charge is -2.35. The fraction of sp³-hybridized carbons (Fsp3) is 0.444. The largest absolute Gasteiger partial charge is 0.345 e. The van der Waals surface area contributed by atoms with Crippen LogP contribution in [0.15, 0.2) is 30.5 Å². The Balaban J connectivity index is 0.00000169. The molecule has 1 aromatic heterocycles. The highest BCUT2D eigenvalue weighted by molar-refractivity contribution is 7.15. The van der Waals surface area contributed by atoms with Crippen molar-refractivity contribution in [1.82, 2.24) is 9.88 Å². The SMILES string of the molecule is CCc1cnc(N2CCN(C(=O)C(N)c3ccc(C)cc3)CC2)s1.Cl.Cl. The van der Waals surface area contributed by atoms with Crippen LogP contribution >= 0.6 is 36.2 Å². The molecular formula is C18H26Cl2N4OS. The normalized spacial score (nSPS) is 15.0. The Labute approximate surface area is 171 Å². The number of carbonyl (C=O) groups excluding carboxylic acids is 1. The van der Waals surface area contributed by atoms with E-state index in [1.165, 1.54) is 10.4 Å². The van der Waals surface area contributed by atoms with Crippen molar-refractivity contribution >= 4 is 47.2 Å². The van der Waals surface area contributed by atoms with Gasteiger partial charge in [0.25, 0.3) is 0 Å². The van der Waals surface area contributed by atoms with E-state index in [1.807, 2.05) is 42.3 Å². The zero-order valence-corrected chi connectivity index (χ0v) is 17.5. The predicted molar refractivity (Wildman–Crippen MR) is 113 cm³/mol. The van der Waals surface area contributed by atoms with Crippen LogP contribution in [0.5, 0.6) is 0 Å². The maximum absolute atomic E-state index is 12.6. The number of piperazine rings is 1. The van der Waals surface area contributed by atoms with Crippen molar-refractivity contribution in [3.05, 3.63) is 46.5 Å². The van der Waals surface area contributed by atoms with Crippen LogP contribution < -0.4 is 10.6 Å². The third-order valence-electron chi connectivity index (χ3n) is 4.45. The average molecular weight is 417 g/mol. The standard InChI is InChI=1S/C18H24N4OS.2ClH/c1-3-15-12-20-18(24-15)22-10-8-21(9-11-22)17(23)16(19)14-6-4-13(2)5-7-14;;/h4-7,12,16H,3,8-11,19H2,1-2H3;2*1H. The lowest BCUT2D eigenvalue weighted by Crippen LogP contribution is -2.51. The minimum atomic E-state index is -0.580. The Kier molecular flexibility index (Phi) is 8.83. The van der Waals surface area contributed by atoms with E-state index in [2.05, 4.69) is 16.8 Å². The third-order valence-corrected chi connectivity index (χ3v) is 5.66. The van der Waals surface area contributed by atoms with Crippen molar-refractivity contribution in [2.45, 2.75) is 26.3 Å². The minimum Gasteiger partial charge on any atom is -0.345 e. The highest BCUT2D eigenvalue weighted by atomic mass is 35.5. The van der Waals surface area contributed by atoms with E-state index in [-0.39, 0.29) is 30.7 Å². The van der Waals surface area contributed by atoms with Crippen molar-refractivity contribution in [3.63, 3.8) is 0 Å². The van der Waals surface area contributed by atoms with Gasteiger partial charge >= 0.3 is 0 Å². The summed E-state index contributed by atoms with van der Waals surface area (Å²) in [6, 6.07) is 7.29. The number of nitrogens with two attached hydrogens (primary N) is 1. The number of amides is 1. The van der Waals surface area contributed by atoms with Crippen molar-refractivity contribution in [1.29, 1.82) is 0 Å². The molecule has 1 unspecified atom stereocenters. The summed E-state index contributed by atoms with van der Waals surface area (Å²) in [5, 5.41) is 1.06. The molecule has 1 atom stereocenters. The third kappa shape index (κ3) is 5.10. The molecule has 0 radical (unpaired) electrons. The molecule has 1 aliphatic rings. The number of thiazole rings is 1. The van der Waals surface area contributed by atoms with Gasteiger partial charge in [-0.15, -0.1) is 36.2 Å². The molecular weight excluding hydrogens is 391 g/mol. The Bertz CT molecular complexity index is 699. The number of carbonyl (C=O) groups is 1. The molecule has 1 fully saturated rings. The molecule has 0 saturated carbocycles. The predicted octanol–water partition coefficient (Wildman–Crippen LogP) is 3.21.